The van der Waals surface area contributed by atoms with Gasteiger partial charge in [0.2, 0.25) is 0 Å². The molecule has 4 rings (SSSR count). The molecule has 0 amide bonds. The van der Waals surface area contributed by atoms with E-state index in [0.717, 1.165) is 32.4 Å². The van der Waals surface area contributed by atoms with Gasteiger partial charge in [0.1, 0.15) is 0 Å². The summed E-state index contributed by atoms with van der Waals surface area (Å²) in [7, 11) is 0. The van der Waals surface area contributed by atoms with Crippen LogP contribution in [0, 0.1) is 0 Å². The van der Waals surface area contributed by atoms with Crippen LogP contribution in [-0.2, 0) is 23.7 Å². The first kappa shape index (κ1) is 28.0. The van der Waals surface area contributed by atoms with Gasteiger partial charge in [-0.1, -0.05) is 62.4 Å². The average molecular weight is 526 g/mol. The van der Waals surface area contributed by atoms with E-state index in [1.54, 1.807) is 0 Å². The first-order valence-electron chi connectivity index (χ1n) is 13.5. The van der Waals surface area contributed by atoms with Gasteiger partial charge in [-0.15, -0.1) is 0 Å². The van der Waals surface area contributed by atoms with Crippen LogP contribution in [0.4, 0.5) is 26.3 Å². The third-order valence-electron chi connectivity index (χ3n) is 8.55. The highest BCUT2D eigenvalue weighted by molar-refractivity contribution is 5.50. The summed E-state index contributed by atoms with van der Waals surface area (Å²) < 4.78 is 85.0. The van der Waals surface area contributed by atoms with Gasteiger partial charge in [-0.25, -0.2) is 0 Å². The second-order valence-electron chi connectivity index (χ2n) is 10.9. The Morgan fingerprint density at radius 2 is 1.27 bits per heavy atom. The minimum Gasteiger partial charge on any atom is -0.300 e. The lowest BCUT2D eigenvalue weighted by molar-refractivity contribution is -0.161. The Balaban J connectivity index is 1.63. The van der Waals surface area contributed by atoms with Crippen molar-refractivity contribution in [3.8, 4) is 0 Å². The Morgan fingerprint density at radius 3 is 1.70 bits per heavy atom. The van der Waals surface area contributed by atoms with Gasteiger partial charge in [-0.2, -0.15) is 26.3 Å². The van der Waals surface area contributed by atoms with Gasteiger partial charge in [0.15, 0.2) is 0 Å². The molecule has 0 aliphatic heterocycles. The maximum atomic E-state index is 14.2. The van der Waals surface area contributed by atoms with Crippen LogP contribution < -0.4 is 0 Å². The zero-order valence-corrected chi connectivity index (χ0v) is 21.7. The highest BCUT2D eigenvalue weighted by Gasteiger charge is 2.67. The van der Waals surface area contributed by atoms with Crippen LogP contribution >= 0.6 is 0 Å². The fourth-order valence-corrected chi connectivity index (χ4v) is 6.05. The molecule has 2 aromatic rings. The monoisotopic (exact) mass is 525 g/mol. The van der Waals surface area contributed by atoms with Crippen LogP contribution in [0.15, 0.2) is 48.5 Å². The predicted molar refractivity (Wildman–Crippen MR) is 135 cm³/mol. The number of benzene rings is 2. The summed E-state index contributed by atoms with van der Waals surface area (Å²) >= 11 is 0. The maximum absolute atomic E-state index is 14.2. The van der Waals surface area contributed by atoms with E-state index in [-0.39, 0.29) is 49.3 Å². The minimum absolute atomic E-state index is 0.0534. The SMILES string of the molecule is CCCN(CCc1ccccc1)C(CC)CCc1c(C2(C(F)(F)F)CC2)cccc1C1(C(F)(F)F)CC1. The molecule has 37 heavy (non-hydrogen) atoms. The van der Waals surface area contributed by atoms with E-state index in [2.05, 4.69) is 30.9 Å². The van der Waals surface area contributed by atoms with Crippen molar-refractivity contribution in [1.82, 2.24) is 4.90 Å². The van der Waals surface area contributed by atoms with E-state index in [1.807, 2.05) is 18.2 Å². The molecule has 1 atom stereocenters. The van der Waals surface area contributed by atoms with Crippen LogP contribution in [0.25, 0.3) is 0 Å². The Bertz CT molecular complexity index is 986. The van der Waals surface area contributed by atoms with Gasteiger partial charge in [-0.3, -0.25) is 0 Å². The number of rotatable bonds is 12. The summed E-state index contributed by atoms with van der Waals surface area (Å²) in [5.74, 6) is 0. The molecule has 2 saturated carbocycles. The lowest BCUT2D eigenvalue weighted by atomic mass is 9.80. The lowest BCUT2D eigenvalue weighted by Crippen LogP contribution is -2.38. The van der Waals surface area contributed by atoms with Crippen molar-refractivity contribution in [2.75, 3.05) is 13.1 Å². The second-order valence-corrected chi connectivity index (χ2v) is 10.9. The Labute approximate surface area is 216 Å². The summed E-state index contributed by atoms with van der Waals surface area (Å²) in [5, 5.41) is 0. The van der Waals surface area contributed by atoms with E-state index >= 15 is 0 Å². The smallest absolute Gasteiger partial charge is 0.300 e. The summed E-state index contributed by atoms with van der Waals surface area (Å²) in [6.45, 7) is 5.80. The van der Waals surface area contributed by atoms with E-state index in [0.29, 0.717) is 12.0 Å². The molecule has 0 saturated heterocycles. The van der Waals surface area contributed by atoms with E-state index in [9.17, 15) is 26.3 Å². The van der Waals surface area contributed by atoms with Gasteiger partial charge in [0, 0.05) is 12.6 Å². The van der Waals surface area contributed by atoms with Crippen LogP contribution in [0.3, 0.4) is 0 Å². The van der Waals surface area contributed by atoms with Crippen LogP contribution in [0.5, 0.6) is 0 Å². The molecule has 7 heteroatoms. The summed E-state index contributed by atoms with van der Waals surface area (Å²) in [5.41, 5.74) is -2.34. The van der Waals surface area contributed by atoms with Gasteiger partial charge < -0.3 is 4.90 Å². The fourth-order valence-electron chi connectivity index (χ4n) is 6.05. The van der Waals surface area contributed by atoms with Gasteiger partial charge in [0.05, 0.1) is 10.8 Å². The molecule has 2 fully saturated rings. The van der Waals surface area contributed by atoms with Crippen molar-refractivity contribution >= 4 is 0 Å². The van der Waals surface area contributed by atoms with E-state index < -0.39 is 23.2 Å². The number of hydrogen-bond donors (Lipinski definition) is 0. The quantitative estimate of drug-likeness (QED) is 0.251. The minimum atomic E-state index is -4.47. The molecule has 0 N–H and O–H groups in total. The molecule has 2 aliphatic rings. The zero-order valence-electron chi connectivity index (χ0n) is 21.7. The summed E-state index contributed by atoms with van der Waals surface area (Å²) in [4.78, 5) is 2.36. The van der Waals surface area contributed by atoms with Crippen LogP contribution in [-0.4, -0.2) is 36.4 Å². The predicted octanol–water partition coefficient (Wildman–Crippen LogP) is 8.54. The largest absolute Gasteiger partial charge is 0.398 e. The number of halogens is 6. The highest BCUT2D eigenvalue weighted by Crippen LogP contribution is 2.64. The lowest BCUT2D eigenvalue weighted by Gasteiger charge is -2.33. The van der Waals surface area contributed by atoms with Crippen LogP contribution in [0.1, 0.15) is 81.0 Å². The summed E-state index contributed by atoms with van der Waals surface area (Å²) in [6.07, 6.45) is -5.81. The van der Waals surface area contributed by atoms with Crippen molar-refractivity contribution in [3.05, 3.63) is 70.8 Å². The summed E-state index contributed by atoms with van der Waals surface area (Å²) in [6, 6.07) is 14.5. The Hall–Kier alpha value is -2.02. The standard InChI is InChI=1S/C30H37F6N/c1-3-20-37(21-15-22-9-6-5-7-10-22)23(4-2)13-14-24-25(27(16-17-27)29(31,32)33)11-8-12-26(24)28(18-19-28)30(34,35)36/h5-12,23H,3-4,13-21H2,1-2H3. The van der Waals surface area contributed by atoms with Crippen molar-refractivity contribution in [3.63, 3.8) is 0 Å². The molecule has 0 radical (unpaired) electrons. The first-order valence-corrected chi connectivity index (χ1v) is 13.5. The maximum Gasteiger partial charge on any atom is 0.398 e. The molecule has 1 nitrogen and oxygen atoms in total. The third-order valence-corrected chi connectivity index (χ3v) is 8.55. The van der Waals surface area contributed by atoms with Gasteiger partial charge in [0.25, 0.3) is 0 Å². The van der Waals surface area contributed by atoms with Crippen molar-refractivity contribution < 1.29 is 26.3 Å². The highest BCUT2D eigenvalue weighted by atomic mass is 19.4. The van der Waals surface area contributed by atoms with Gasteiger partial charge >= 0.3 is 12.4 Å². The molecular formula is C30H37F6N. The number of nitrogens with zero attached hydrogens (tertiary/aromatic N) is 1. The molecule has 2 aromatic carbocycles. The van der Waals surface area contributed by atoms with Crippen LogP contribution in [0.2, 0.25) is 0 Å². The van der Waals surface area contributed by atoms with E-state index in [4.69, 9.17) is 0 Å². The average Bonchev–Trinajstić information content (AvgIpc) is 3.75. The zero-order chi connectivity index (χ0) is 26.9. The molecule has 204 valence electrons. The third kappa shape index (κ3) is 5.57. The molecule has 0 aromatic heterocycles. The number of alkyl halides is 6. The molecule has 1 unspecified atom stereocenters. The number of hydrogen-bond acceptors (Lipinski definition) is 1. The first-order chi connectivity index (χ1) is 17.5. The molecule has 0 heterocycles. The molecule has 0 spiro atoms. The molecule has 2 aliphatic carbocycles. The normalized spacial score (nSPS) is 19.2. The Morgan fingerprint density at radius 1 is 0.730 bits per heavy atom. The van der Waals surface area contributed by atoms with Gasteiger partial charge in [-0.05, 0) is 86.6 Å². The molecular weight excluding hydrogens is 488 g/mol. The Kier molecular flexibility index (Phi) is 8.04. The second kappa shape index (κ2) is 10.6. The van der Waals surface area contributed by atoms with Crippen molar-refractivity contribution in [2.45, 2.75) is 101 Å². The van der Waals surface area contributed by atoms with Crippen molar-refractivity contribution in [2.24, 2.45) is 0 Å². The fraction of sp³-hybridized carbons (Fsp3) is 0.600. The molecule has 0 bridgehead atoms. The van der Waals surface area contributed by atoms with Crippen molar-refractivity contribution in [1.29, 1.82) is 0 Å². The topological polar surface area (TPSA) is 3.24 Å². The van der Waals surface area contributed by atoms with E-state index in [1.165, 1.54) is 23.8 Å².